The quantitative estimate of drug-likeness (QED) is 0.879. The zero-order valence-electron chi connectivity index (χ0n) is 12.3. The molecule has 1 fully saturated rings. The molecular formula is C17H27NO. The van der Waals surface area contributed by atoms with E-state index in [2.05, 4.69) is 32.0 Å². The standard InChI is InChI=1S/C17H27NO/c1-13-6-5-7-14(2)17(13)12-19-11-16-9-4-3-8-15(16)10-18/h5-7,15-16H,3-4,8-12,18H2,1-2H3. The Morgan fingerprint density at radius 2 is 1.74 bits per heavy atom. The maximum Gasteiger partial charge on any atom is 0.0722 e. The van der Waals surface area contributed by atoms with Gasteiger partial charge in [0.05, 0.1) is 13.2 Å². The van der Waals surface area contributed by atoms with Crippen LogP contribution in [0.25, 0.3) is 0 Å². The molecular weight excluding hydrogens is 234 g/mol. The van der Waals surface area contributed by atoms with Gasteiger partial charge in [0.2, 0.25) is 0 Å². The van der Waals surface area contributed by atoms with E-state index in [0.717, 1.165) is 19.8 Å². The smallest absolute Gasteiger partial charge is 0.0722 e. The highest BCUT2D eigenvalue weighted by Gasteiger charge is 2.23. The fourth-order valence-electron chi connectivity index (χ4n) is 3.20. The second-order valence-corrected chi connectivity index (χ2v) is 5.93. The number of hydrogen-bond acceptors (Lipinski definition) is 2. The summed E-state index contributed by atoms with van der Waals surface area (Å²) in [6, 6.07) is 6.43. The van der Waals surface area contributed by atoms with Crippen molar-refractivity contribution in [1.82, 2.24) is 0 Å². The molecule has 2 nitrogen and oxygen atoms in total. The molecule has 0 bridgehead atoms. The van der Waals surface area contributed by atoms with Crippen molar-refractivity contribution < 1.29 is 4.74 Å². The predicted molar refractivity (Wildman–Crippen MR) is 80.1 cm³/mol. The molecule has 2 rings (SSSR count). The lowest BCUT2D eigenvalue weighted by Crippen LogP contribution is -2.29. The number of ether oxygens (including phenoxy) is 1. The Bertz CT molecular complexity index is 382. The van der Waals surface area contributed by atoms with E-state index >= 15 is 0 Å². The number of rotatable bonds is 5. The van der Waals surface area contributed by atoms with Gasteiger partial charge in [0, 0.05) is 0 Å². The molecule has 1 saturated carbocycles. The van der Waals surface area contributed by atoms with Crippen LogP contribution in [0.5, 0.6) is 0 Å². The molecule has 2 heteroatoms. The minimum Gasteiger partial charge on any atom is -0.376 e. The van der Waals surface area contributed by atoms with E-state index in [1.807, 2.05) is 0 Å². The summed E-state index contributed by atoms with van der Waals surface area (Å²) < 4.78 is 6.00. The minimum atomic E-state index is 0.670. The molecule has 0 aliphatic heterocycles. The maximum absolute atomic E-state index is 6.00. The molecule has 2 unspecified atom stereocenters. The van der Waals surface area contributed by atoms with Crippen molar-refractivity contribution in [1.29, 1.82) is 0 Å². The van der Waals surface area contributed by atoms with Gasteiger partial charge in [0.25, 0.3) is 0 Å². The molecule has 106 valence electrons. The topological polar surface area (TPSA) is 35.2 Å². The van der Waals surface area contributed by atoms with Crippen LogP contribution in [-0.4, -0.2) is 13.2 Å². The first-order chi connectivity index (χ1) is 9.22. The highest BCUT2D eigenvalue weighted by Crippen LogP contribution is 2.29. The van der Waals surface area contributed by atoms with Crippen LogP contribution in [0.3, 0.4) is 0 Å². The number of aryl methyl sites for hydroxylation is 2. The van der Waals surface area contributed by atoms with Crippen molar-refractivity contribution >= 4 is 0 Å². The van der Waals surface area contributed by atoms with Crippen molar-refractivity contribution in [2.75, 3.05) is 13.2 Å². The normalized spacial score (nSPS) is 23.5. The highest BCUT2D eigenvalue weighted by atomic mass is 16.5. The molecule has 1 aromatic carbocycles. The van der Waals surface area contributed by atoms with Gasteiger partial charge in [-0.15, -0.1) is 0 Å². The summed E-state index contributed by atoms with van der Waals surface area (Å²) in [6.07, 6.45) is 5.26. The molecule has 19 heavy (non-hydrogen) atoms. The van der Waals surface area contributed by atoms with Crippen LogP contribution in [0, 0.1) is 25.7 Å². The van der Waals surface area contributed by atoms with Crippen molar-refractivity contribution in [3.8, 4) is 0 Å². The largest absolute Gasteiger partial charge is 0.376 e. The highest BCUT2D eigenvalue weighted by molar-refractivity contribution is 5.32. The van der Waals surface area contributed by atoms with E-state index in [4.69, 9.17) is 10.5 Å². The van der Waals surface area contributed by atoms with E-state index < -0.39 is 0 Å². The Hall–Kier alpha value is -0.860. The van der Waals surface area contributed by atoms with E-state index in [1.54, 1.807) is 0 Å². The third kappa shape index (κ3) is 3.80. The van der Waals surface area contributed by atoms with Gasteiger partial charge >= 0.3 is 0 Å². The summed E-state index contributed by atoms with van der Waals surface area (Å²) in [4.78, 5) is 0. The van der Waals surface area contributed by atoms with Crippen molar-refractivity contribution in [2.24, 2.45) is 17.6 Å². The first kappa shape index (κ1) is 14.5. The summed E-state index contributed by atoms with van der Waals surface area (Å²) >= 11 is 0. The summed E-state index contributed by atoms with van der Waals surface area (Å²) in [5.74, 6) is 1.34. The van der Waals surface area contributed by atoms with E-state index in [9.17, 15) is 0 Å². The second kappa shape index (κ2) is 7.06. The molecule has 1 aromatic rings. The van der Waals surface area contributed by atoms with Gasteiger partial charge in [-0.1, -0.05) is 31.0 Å². The molecule has 1 aliphatic carbocycles. The van der Waals surface area contributed by atoms with Gasteiger partial charge in [-0.05, 0) is 61.8 Å². The van der Waals surface area contributed by atoms with E-state index in [0.29, 0.717) is 11.8 Å². The number of hydrogen-bond donors (Lipinski definition) is 1. The van der Waals surface area contributed by atoms with Gasteiger partial charge in [-0.25, -0.2) is 0 Å². The lowest BCUT2D eigenvalue weighted by Gasteiger charge is -2.30. The molecule has 0 spiro atoms. The molecule has 0 heterocycles. The first-order valence-electron chi connectivity index (χ1n) is 7.55. The Morgan fingerprint density at radius 3 is 2.37 bits per heavy atom. The lowest BCUT2D eigenvalue weighted by molar-refractivity contribution is 0.0508. The van der Waals surface area contributed by atoms with Gasteiger partial charge in [-0.3, -0.25) is 0 Å². The van der Waals surface area contributed by atoms with Crippen LogP contribution in [0.15, 0.2) is 18.2 Å². The molecule has 2 atom stereocenters. The van der Waals surface area contributed by atoms with Crippen LogP contribution >= 0.6 is 0 Å². The lowest BCUT2D eigenvalue weighted by atomic mass is 9.80. The van der Waals surface area contributed by atoms with Crippen molar-refractivity contribution in [2.45, 2.75) is 46.1 Å². The van der Waals surface area contributed by atoms with Crippen molar-refractivity contribution in [3.63, 3.8) is 0 Å². The Labute approximate surface area is 117 Å². The summed E-state index contributed by atoms with van der Waals surface area (Å²) in [5, 5.41) is 0. The summed E-state index contributed by atoms with van der Waals surface area (Å²) in [5.41, 5.74) is 9.88. The zero-order valence-corrected chi connectivity index (χ0v) is 12.3. The maximum atomic E-state index is 6.00. The van der Waals surface area contributed by atoms with Crippen LogP contribution < -0.4 is 5.73 Å². The van der Waals surface area contributed by atoms with Gasteiger partial charge in [0.1, 0.15) is 0 Å². The van der Waals surface area contributed by atoms with Crippen LogP contribution in [0.4, 0.5) is 0 Å². The fourth-order valence-corrected chi connectivity index (χ4v) is 3.20. The van der Waals surface area contributed by atoms with Gasteiger partial charge in [0.15, 0.2) is 0 Å². The number of benzene rings is 1. The van der Waals surface area contributed by atoms with E-state index in [1.165, 1.54) is 42.4 Å². The molecule has 2 N–H and O–H groups in total. The molecule has 0 saturated heterocycles. The van der Waals surface area contributed by atoms with Gasteiger partial charge < -0.3 is 10.5 Å². The molecule has 0 aromatic heterocycles. The zero-order chi connectivity index (χ0) is 13.7. The molecule has 0 amide bonds. The van der Waals surface area contributed by atoms with E-state index in [-0.39, 0.29) is 0 Å². The Morgan fingerprint density at radius 1 is 1.11 bits per heavy atom. The third-order valence-electron chi connectivity index (χ3n) is 4.59. The Balaban J connectivity index is 1.86. The molecule has 0 radical (unpaired) electrons. The molecule has 1 aliphatic rings. The van der Waals surface area contributed by atoms with Gasteiger partial charge in [-0.2, -0.15) is 0 Å². The second-order valence-electron chi connectivity index (χ2n) is 5.93. The Kier molecular flexibility index (Phi) is 5.41. The number of nitrogens with two attached hydrogens (primary N) is 1. The van der Waals surface area contributed by atoms with Crippen LogP contribution in [-0.2, 0) is 11.3 Å². The average Bonchev–Trinajstić information content (AvgIpc) is 2.42. The summed E-state index contributed by atoms with van der Waals surface area (Å²) in [6.45, 7) is 6.75. The monoisotopic (exact) mass is 261 g/mol. The summed E-state index contributed by atoms with van der Waals surface area (Å²) in [7, 11) is 0. The van der Waals surface area contributed by atoms with Crippen molar-refractivity contribution in [3.05, 3.63) is 34.9 Å². The fraction of sp³-hybridized carbons (Fsp3) is 0.647. The van der Waals surface area contributed by atoms with Crippen LogP contribution in [0.2, 0.25) is 0 Å². The predicted octanol–water partition coefficient (Wildman–Crippen LogP) is 3.59. The SMILES string of the molecule is Cc1cccc(C)c1COCC1CCCCC1CN. The average molecular weight is 261 g/mol. The first-order valence-corrected chi connectivity index (χ1v) is 7.55. The third-order valence-corrected chi connectivity index (χ3v) is 4.59. The minimum absolute atomic E-state index is 0.670. The van der Waals surface area contributed by atoms with Crippen LogP contribution in [0.1, 0.15) is 42.4 Å².